The summed E-state index contributed by atoms with van der Waals surface area (Å²) in [5.74, 6) is 0.834. The standard InChI is InChI=1S/C26H28FN2O/c1-2-19-17-29(16-18-7-9-21(27)10-8-18)14-12-20(19)15-25(29)26(30)23-11-13-28-24-6-4-3-5-22(23)24/h2-11,13,19-20,25-26,30H,1,12,14-17H2/q+1/t19-,20-,25-,26+,29+/m0/s1. The maximum absolute atomic E-state index is 13.5. The average Bonchev–Trinajstić information content (AvgIpc) is 2.79. The number of rotatable bonds is 5. The summed E-state index contributed by atoms with van der Waals surface area (Å²) in [6, 6.07) is 17.0. The summed E-state index contributed by atoms with van der Waals surface area (Å²) in [5.41, 5.74) is 3.00. The Kier molecular flexibility index (Phi) is 4.92. The van der Waals surface area contributed by atoms with Gasteiger partial charge < -0.3 is 9.59 Å². The molecule has 30 heavy (non-hydrogen) atoms. The maximum Gasteiger partial charge on any atom is 0.131 e. The van der Waals surface area contributed by atoms with Crippen LogP contribution < -0.4 is 0 Å². The van der Waals surface area contributed by atoms with Crippen molar-refractivity contribution in [2.75, 3.05) is 13.1 Å². The Balaban J connectivity index is 1.55. The number of hydrogen-bond donors (Lipinski definition) is 1. The number of pyridine rings is 1. The molecule has 6 rings (SSSR count). The number of piperidine rings is 3. The van der Waals surface area contributed by atoms with E-state index in [9.17, 15) is 9.50 Å². The molecular formula is C26H28FN2O+. The molecule has 0 aliphatic carbocycles. The molecule has 3 aliphatic rings. The van der Waals surface area contributed by atoms with E-state index in [-0.39, 0.29) is 11.9 Å². The van der Waals surface area contributed by atoms with Crippen molar-refractivity contribution in [1.29, 1.82) is 0 Å². The van der Waals surface area contributed by atoms with Crippen LogP contribution in [0.15, 0.2) is 73.4 Å². The minimum atomic E-state index is -0.563. The zero-order valence-electron chi connectivity index (χ0n) is 17.1. The normalized spacial score (nSPS) is 29.1. The Morgan fingerprint density at radius 1 is 1.17 bits per heavy atom. The van der Waals surface area contributed by atoms with Crippen molar-refractivity contribution < 1.29 is 14.0 Å². The lowest BCUT2D eigenvalue weighted by molar-refractivity contribution is -0.984. The van der Waals surface area contributed by atoms with Gasteiger partial charge in [0.1, 0.15) is 24.5 Å². The summed E-state index contributed by atoms with van der Waals surface area (Å²) >= 11 is 0. The summed E-state index contributed by atoms with van der Waals surface area (Å²) < 4.78 is 14.3. The van der Waals surface area contributed by atoms with Gasteiger partial charge in [-0.3, -0.25) is 4.98 Å². The molecule has 2 aromatic carbocycles. The molecule has 5 atom stereocenters. The predicted molar refractivity (Wildman–Crippen MR) is 117 cm³/mol. The predicted octanol–water partition coefficient (Wildman–Crippen LogP) is 5.02. The van der Waals surface area contributed by atoms with Crippen LogP contribution >= 0.6 is 0 Å². The molecule has 0 spiro atoms. The van der Waals surface area contributed by atoms with E-state index < -0.39 is 6.10 Å². The van der Waals surface area contributed by atoms with Crippen LogP contribution in [0.2, 0.25) is 0 Å². The Hall–Kier alpha value is -2.56. The zero-order chi connectivity index (χ0) is 20.7. The van der Waals surface area contributed by atoms with Crippen LogP contribution in [0, 0.1) is 17.7 Å². The third kappa shape index (κ3) is 3.24. The number of aliphatic hydroxyl groups excluding tert-OH is 1. The molecule has 3 aliphatic heterocycles. The molecule has 3 saturated heterocycles. The number of fused-ring (bicyclic) bond motifs is 4. The Morgan fingerprint density at radius 2 is 1.97 bits per heavy atom. The van der Waals surface area contributed by atoms with E-state index in [1.807, 2.05) is 42.5 Å². The molecule has 1 N–H and O–H groups in total. The van der Waals surface area contributed by atoms with Crippen LogP contribution in [0.3, 0.4) is 0 Å². The fourth-order valence-electron chi connectivity index (χ4n) is 5.92. The highest BCUT2D eigenvalue weighted by Gasteiger charge is 2.53. The highest BCUT2D eigenvalue weighted by Crippen LogP contribution is 2.48. The van der Waals surface area contributed by atoms with Gasteiger partial charge in [-0.05, 0) is 35.7 Å². The molecule has 0 amide bonds. The first-order chi connectivity index (χ1) is 14.6. The molecular weight excluding hydrogens is 375 g/mol. The van der Waals surface area contributed by atoms with Gasteiger partial charge in [0.05, 0.1) is 18.6 Å². The number of benzene rings is 2. The molecule has 1 aromatic heterocycles. The first kappa shape index (κ1) is 19.4. The highest BCUT2D eigenvalue weighted by molar-refractivity contribution is 5.82. The SMILES string of the molecule is C=C[C@H]1C[N@+]2(Cc3ccc(F)cc3)CC[C@H]1C[C@H]2[C@H](O)c1ccnc2ccccc12. The minimum Gasteiger partial charge on any atom is -0.382 e. The quantitative estimate of drug-likeness (QED) is 0.479. The molecule has 3 nitrogen and oxygen atoms in total. The Labute approximate surface area is 177 Å². The van der Waals surface area contributed by atoms with Gasteiger partial charge in [-0.15, -0.1) is 6.58 Å². The molecule has 0 unspecified atom stereocenters. The van der Waals surface area contributed by atoms with Crippen LogP contribution in [0.5, 0.6) is 0 Å². The number of nitrogens with zero attached hydrogens (tertiary/aromatic N) is 2. The molecule has 4 heteroatoms. The van der Waals surface area contributed by atoms with Crippen molar-refractivity contribution in [1.82, 2.24) is 4.98 Å². The Bertz CT molecular complexity index is 1060. The smallest absolute Gasteiger partial charge is 0.131 e. The number of halogens is 1. The lowest BCUT2D eigenvalue weighted by Gasteiger charge is -2.58. The largest absolute Gasteiger partial charge is 0.382 e. The van der Waals surface area contributed by atoms with Crippen molar-refractivity contribution in [2.24, 2.45) is 11.8 Å². The number of hydrogen-bond acceptors (Lipinski definition) is 2. The fourth-order valence-corrected chi connectivity index (χ4v) is 5.92. The topological polar surface area (TPSA) is 33.1 Å². The van der Waals surface area contributed by atoms with Gasteiger partial charge in [-0.25, -0.2) is 4.39 Å². The third-order valence-electron chi connectivity index (χ3n) is 7.45. The average molecular weight is 404 g/mol. The van der Waals surface area contributed by atoms with Crippen molar-refractivity contribution in [3.8, 4) is 0 Å². The molecule has 3 aromatic rings. The van der Waals surface area contributed by atoms with Gasteiger partial charge in [-0.2, -0.15) is 0 Å². The second kappa shape index (κ2) is 7.60. The van der Waals surface area contributed by atoms with Crippen molar-refractivity contribution in [3.05, 3.63) is 90.4 Å². The summed E-state index contributed by atoms with van der Waals surface area (Å²) in [4.78, 5) is 4.47. The van der Waals surface area contributed by atoms with E-state index in [2.05, 4.69) is 17.6 Å². The number of aromatic nitrogens is 1. The highest BCUT2D eigenvalue weighted by atomic mass is 19.1. The number of para-hydroxylation sites is 1. The van der Waals surface area contributed by atoms with Gasteiger partial charge >= 0.3 is 0 Å². The molecule has 0 saturated carbocycles. The second-order valence-corrected chi connectivity index (χ2v) is 9.02. The first-order valence-electron chi connectivity index (χ1n) is 10.8. The van der Waals surface area contributed by atoms with E-state index in [1.165, 1.54) is 12.1 Å². The van der Waals surface area contributed by atoms with E-state index >= 15 is 0 Å². The van der Waals surface area contributed by atoms with Gasteiger partial charge in [0.2, 0.25) is 0 Å². The van der Waals surface area contributed by atoms with Crippen LogP contribution in [-0.4, -0.2) is 33.7 Å². The van der Waals surface area contributed by atoms with Crippen molar-refractivity contribution >= 4 is 10.9 Å². The summed E-state index contributed by atoms with van der Waals surface area (Å²) in [6.07, 6.45) is 5.47. The van der Waals surface area contributed by atoms with Gasteiger partial charge in [0.15, 0.2) is 0 Å². The van der Waals surface area contributed by atoms with Gasteiger partial charge in [0.25, 0.3) is 0 Å². The fraction of sp³-hybridized carbons (Fsp3) is 0.346. The lowest BCUT2D eigenvalue weighted by Crippen LogP contribution is -2.67. The van der Waals surface area contributed by atoms with Crippen molar-refractivity contribution in [2.45, 2.75) is 31.5 Å². The molecule has 2 bridgehead atoms. The zero-order valence-corrected chi connectivity index (χ0v) is 17.1. The molecule has 3 fully saturated rings. The van der Waals surface area contributed by atoms with E-state index in [4.69, 9.17) is 0 Å². The maximum atomic E-state index is 13.5. The summed E-state index contributed by atoms with van der Waals surface area (Å²) in [7, 11) is 0. The third-order valence-corrected chi connectivity index (χ3v) is 7.45. The van der Waals surface area contributed by atoms with Gasteiger partial charge in [0, 0.05) is 35.9 Å². The van der Waals surface area contributed by atoms with Crippen LogP contribution in [0.4, 0.5) is 4.39 Å². The lowest BCUT2D eigenvalue weighted by atomic mass is 9.71. The van der Waals surface area contributed by atoms with Crippen LogP contribution in [0.25, 0.3) is 10.9 Å². The van der Waals surface area contributed by atoms with Gasteiger partial charge in [-0.1, -0.05) is 36.4 Å². The number of aliphatic hydroxyl groups is 1. The van der Waals surface area contributed by atoms with Crippen molar-refractivity contribution in [3.63, 3.8) is 0 Å². The van der Waals surface area contributed by atoms with Crippen LogP contribution in [0.1, 0.15) is 30.1 Å². The minimum absolute atomic E-state index is 0.107. The van der Waals surface area contributed by atoms with E-state index in [1.54, 1.807) is 6.20 Å². The second-order valence-electron chi connectivity index (χ2n) is 9.02. The number of quaternary nitrogens is 1. The van der Waals surface area contributed by atoms with Crippen LogP contribution in [-0.2, 0) is 6.54 Å². The Morgan fingerprint density at radius 3 is 2.77 bits per heavy atom. The summed E-state index contributed by atoms with van der Waals surface area (Å²) in [5, 5.41) is 12.7. The summed E-state index contributed by atoms with van der Waals surface area (Å²) in [6.45, 7) is 6.92. The first-order valence-corrected chi connectivity index (χ1v) is 10.8. The molecule has 4 heterocycles. The van der Waals surface area contributed by atoms with E-state index in [0.29, 0.717) is 11.8 Å². The monoisotopic (exact) mass is 403 g/mol. The van der Waals surface area contributed by atoms with E-state index in [0.717, 1.165) is 59.0 Å². The molecule has 0 radical (unpaired) electrons. The molecule has 154 valence electrons.